The Balaban J connectivity index is 1.72. The molecule has 0 spiro atoms. The molecule has 6 nitrogen and oxygen atoms in total. The minimum absolute atomic E-state index is 0.0779. The predicted molar refractivity (Wildman–Crippen MR) is 109 cm³/mol. The molecule has 1 amide bonds. The number of thiocarbonyl (C=S) groups is 1. The maximum atomic E-state index is 12.5. The van der Waals surface area contributed by atoms with Gasteiger partial charge in [0.2, 0.25) is 0 Å². The van der Waals surface area contributed by atoms with Crippen LogP contribution in [0.15, 0.2) is 53.3 Å². The second kappa shape index (κ2) is 6.67. The lowest BCUT2D eigenvalue weighted by Crippen LogP contribution is -2.49. The first-order valence-electron chi connectivity index (χ1n) is 9.42. The lowest BCUT2D eigenvalue weighted by molar-refractivity contribution is -0.123. The van der Waals surface area contributed by atoms with E-state index in [1.165, 1.54) is 5.57 Å². The smallest absolute Gasteiger partial charge is 0.269 e. The molecule has 0 aromatic carbocycles. The number of rotatable bonds is 2. The number of methoxy groups -OCH3 is 1. The zero-order valence-electron chi connectivity index (χ0n) is 16.8. The largest absolute Gasteiger partial charge is 0.464 e. The summed E-state index contributed by atoms with van der Waals surface area (Å²) in [6.45, 7) is 6.33. The maximum Gasteiger partial charge on any atom is 0.269 e. The van der Waals surface area contributed by atoms with Gasteiger partial charge in [-0.05, 0) is 48.9 Å². The van der Waals surface area contributed by atoms with Crippen LogP contribution >= 0.6 is 12.2 Å². The number of amides is 1. The molecule has 4 atom stereocenters. The molecule has 0 fully saturated rings. The number of carbonyl (C=O) groups is 1. The summed E-state index contributed by atoms with van der Waals surface area (Å²) in [7, 11) is 3.52. The molecule has 0 unspecified atom stereocenters. The van der Waals surface area contributed by atoms with Gasteiger partial charge in [0.25, 0.3) is 11.1 Å². The molecule has 4 rings (SSSR count). The van der Waals surface area contributed by atoms with Crippen LogP contribution in [0, 0.1) is 11.3 Å². The molecule has 2 heterocycles. The first-order valence-corrected chi connectivity index (χ1v) is 9.82. The SMILES string of the molecule is CO[C@@H]1C=C2C=C3C(=C(C)C(=O)N3C)C[C@]2(C)[C@@H](C)[C@H]1OC(=S)n1ccnc1. The Hall–Kier alpha value is -2.25. The van der Waals surface area contributed by atoms with Crippen LogP contribution in [0.25, 0.3) is 0 Å². The van der Waals surface area contributed by atoms with Crippen molar-refractivity contribution in [3.63, 3.8) is 0 Å². The van der Waals surface area contributed by atoms with E-state index in [4.69, 9.17) is 21.7 Å². The number of allylic oxidation sites excluding steroid dienone is 3. The van der Waals surface area contributed by atoms with Crippen LogP contribution in [0.2, 0.25) is 0 Å². The lowest BCUT2D eigenvalue weighted by Gasteiger charge is -2.49. The number of nitrogens with zero attached hydrogens (tertiary/aromatic N) is 3. The maximum absolute atomic E-state index is 12.5. The highest BCUT2D eigenvalue weighted by Crippen LogP contribution is 2.54. The van der Waals surface area contributed by atoms with E-state index in [0.717, 1.165) is 23.3 Å². The molecular weight excluding hydrogens is 374 g/mol. The van der Waals surface area contributed by atoms with Crippen LogP contribution in [0.3, 0.4) is 0 Å². The molecule has 0 radical (unpaired) electrons. The molecule has 2 aliphatic carbocycles. The standard InChI is InChI=1S/C21H25N3O3S/c1-12-15-10-21(3)13(2)18(27-20(28)24-7-6-22-11-24)17(26-5)9-14(21)8-16(15)23(4)19(12)25/h6-9,11,13,17-18H,10H2,1-5H3/t13-,17+,18+,21+/m0/s1. The van der Waals surface area contributed by atoms with Gasteiger partial charge in [-0.25, -0.2) is 4.98 Å². The summed E-state index contributed by atoms with van der Waals surface area (Å²) in [5.41, 5.74) is 3.98. The molecule has 0 N–H and O–H groups in total. The van der Waals surface area contributed by atoms with Gasteiger partial charge in [-0.15, -0.1) is 0 Å². The number of imidazole rings is 1. The monoisotopic (exact) mass is 399 g/mol. The number of aromatic nitrogens is 2. The van der Waals surface area contributed by atoms with Gasteiger partial charge in [-0.3, -0.25) is 9.36 Å². The van der Waals surface area contributed by atoms with Crippen molar-refractivity contribution in [2.24, 2.45) is 11.3 Å². The summed E-state index contributed by atoms with van der Waals surface area (Å²) in [4.78, 5) is 18.2. The Morgan fingerprint density at radius 1 is 1.43 bits per heavy atom. The van der Waals surface area contributed by atoms with E-state index in [9.17, 15) is 4.79 Å². The Kier molecular flexibility index (Phi) is 4.55. The van der Waals surface area contributed by atoms with Crippen molar-refractivity contribution in [1.29, 1.82) is 0 Å². The summed E-state index contributed by atoms with van der Waals surface area (Å²) in [6.07, 6.45) is 9.65. The number of likely N-dealkylation sites (N-methyl/N-ethyl adjacent to an activating group) is 1. The first-order chi connectivity index (χ1) is 13.3. The summed E-state index contributed by atoms with van der Waals surface area (Å²) in [6, 6.07) is 0. The van der Waals surface area contributed by atoms with Gasteiger partial charge in [0, 0.05) is 49.2 Å². The normalized spacial score (nSPS) is 32.0. The quantitative estimate of drug-likeness (QED) is 0.716. The lowest BCUT2D eigenvalue weighted by atomic mass is 9.59. The van der Waals surface area contributed by atoms with E-state index in [2.05, 4.69) is 31.0 Å². The van der Waals surface area contributed by atoms with Crippen LogP contribution in [0.5, 0.6) is 0 Å². The molecule has 1 aromatic heterocycles. The van der Waals surface area contributed by atoms with E-state index in [0.29, 0.717) is 5.17 Å². The minimum Gasteiger partial charge on any atom is -0.464 e. The van der Waals surface area contributed by atoms with E-state index in [1.807, 2.05) is 14.0 Å². The predicted octanol–water partition coefficient (Wildman–Crippen LogP) is 3.07. The first kappa shape index (κ1) is 19.1. The number of fused-ring (bicyclic) bond motifs is 2. The van der Waals surface area contributed by atoms with Gasteiger partial charge in [0.1, 0.15) is 18.5 Å². The Morgan fingerprint density at radius 2 is 2.18 bits per heavy atom. The summed E-state index contributed by atoms with van der Waals surface area (Å²) < 4.78 is 13.7. The Bertz CT molecular complexity index is 931. The molecule has 0 saturated carbocycles. The number of carbonyl (C=O) groups excluding carboxylic acids is 1. The summed E-state index contributed by atoms with van der Waals surface area (Å²) in [5, 5.41) is 0.357. The topological polar surface area (TPSA) is 56.6 Å². The number of hydrogen-bond acceptors (Lipinski definition) is 5. The van der Waals surface area contributed by atoms with Gasteiger partial charge in [0.05, 0.1) is 0 Å². The third-order valence-corrected chi connectivity index (χ3v) is 6.94. The van der Waals surface area contributed by atoms with E-state index >= 15 is 0 Å². The average molecular weight is 400 g/mol. The number of ether oxygens (including phenoxy) is 2. The van der Waals surface area contributed by atoms with Crippen LogP contribution < -0.4 is 0 Å². The van der Waals surface area contributed by atoms with Gasteiger partial charge in [-0.1, -0.05) is 13.8 Å². The van der Waals surface area contributed by atoms with Crippen LogP contribution in [-0.4, -0.2) is 51.9 Å². The fraction of sp³-hybridized carbons (Fsp3) is 0.476. The van der Waals surface area contributed by atoms with Crippen molar-refractivity contribution < 1.29 is 14.3 Å². The van der Waals surface area contributed by atoms with Crippen molar-refractivity contribution in [1.82, 2.24) is 14.5 Å². The van der Waals surface area contributed by atoms with Gasteiger partial charge in [0.15, 0.2) is 0 Å². The van der Waals surface area contributed by atoms with Crippen molar-refractivity contribution in [3.8, 4) is 0 Å². The molecule has 28 heavy (non-hydrogen) atoms. The van der Waals surface area contributed by atoms with Crippen molar-refractivity contribution in [2.75, 3.05) is 14.2 Å². The molecular formula is C21H25N3O3S. The minimum atomic E-state index is -0.237. The summed E-state index contributed by atoms with van der Waals surface area (Å²) >= 11 is 5.47. The highest BCUT2D eigenvalue weighted by atomic mass is 32.1. The molecule has 148 valence electrons. The highest BCUT2D eigenvalue weighted by molar-refractivity contribution is 7.80. The second-order valence-corrected chi connectivity index (χ2v) is 8.37. The highest BCUT2D eigenvalue weighted by Gasteiger charge is 2.51. The van der Waals surface area contributed by atoms with Crippen LogP contribution in [-0.2, 0) is 14.3 Å². The molecule has 0 bridgehead atoms. The molecule has 1 aromatic rings. The van der Waals surface area contributed by atoms with Gasteiger partial charge in [-0.2, -0.15) is 0 Å². The van der Waals surface area contributed by atoms with Crippen molar-refractivity contribution in [3.05, 3.63) is 53.3 Å². The van der Waals surface area contributed by atoms with E-state index in [-0.39, 0.29) is 29.4 Å². The fourth-order valence-electron chi connectivity index (χ4n) is 4.57. The van der Waals surface area contributed by atoms with Gasteiger partial charge >= 0.3 is 0 Å². The third-order valence-electron chi connectivity index (χ3n) is 6.63. The molecule has 1 aliphatic heterocycles. The zero-order valence-corrected chi connectivity index (χ0v) is 17.6. The van der Waals surface area contributed by atoms with Crippen molar-refractivity contribution in [2.45, 2.75) is 39.4 Å². The van der Waals surface area contributed by atoms with Gasteiger partial charge < -0.3 is 14.4 Å². The molecule has 3 aliphatic rings. The third kappa shape index (κ3) is 2.68. The number of hydrogen-bond donors (Lipinski definition) is 0. The van der Waals surface area contributed by atoms with Crippen LogP contribution in [0.1, 0.15) is 27.2 Å². The zero-order chi connectivity index (χ0) is 20.2. The Labute approximate surface area is 170 Å². The van der Waals surface area contributed by atoms with Crippen LogP contribution in [0.4, 0.5) is 0 Å². The average Bonchev–Trinajstić information content (AvgIpc) is 3.28. The molecule has 0 saturated heterocycles. The van der Waals surface area contributed by atoms with Crippen molar-refractivity contribution >= 4 is 23.3 Å². The van der Waals surface area contributed by atoms with E-state index in [1.54, 1.807) is 35.3 Å². The fourth-order valence-corrected chi connectivity index (χ4v) is 4.79. The molecule has 7 heteroatoms. The summed E-state index contributed by atoms with van der Waals surface area (Å²) in [5.74, 6) is 0.201. The second-order valence-electron chi connectivity index (χ2n) is 8.02. The van der Waals surface area contributed by atoms with E-state index < -0.39 is 0 Å². The Morgan fingerprint density at radius 3 is 2.82 bits per heavy atom.